The number of thiocarbonyl (C=S) groups is 1. The van der Waals surface area contributed by atoms with Gasteiger partial charge in [0, 0.05) is 42.9 Å². The van der Waals surface area contributed by atoms with Gasteiger partial charge in [-0.3, -0.25) is 4.90 Å². The highest BCUT2D eigenvalue weighted by Gasteiger charge is 2.27. The molecule has 132 valence electrons. The van der Waals surface area contributed by atoms with Crippen LogP contribution in [0.25, 0.3) is 0 Å². The molecule has 0 aliphatic carbocycles. The van der Waals surface area contributed by atoms with E-state index in [1.54, 1.807) is 6.07 Å². The summed E-state index contributed by atoms with van der Waals surface area (Å²) >= 11 is 11.3. The van der Waals surface area contributed by atoms with Gasteiger partial charge in [-0.05, 0) is 49.3 Å². The van der Waals surface area contributed by atoms with Crippen molar-refractivity contribution < 1.29 is 9.90 Å². The fourth-order valence-corrected chi connectivity index (χ4v) is 3.24. The lowest BCUT2D eigenvalue weighted by Crippen LogP contribution is -2.53. The van der Waals surface area contributed by atoms with Gasteiger partial charge in [-0.2, -0.15) is 0 Å². The number of nitrogens with zero attached hydrogens (tertiary/aromatic N) is 2. The van der Waals surface area contributed by atoms with Crippen LogP contribution < -0.4 is 16.6 Å². The molecule has 1 aromatic rings. The number of halogens is 1. The van der Waals surface area contributed by atoms with Gasteiger partial charge in [0.25, 0.3) is 0 Å². The first-order valence-electron chi connectivity index (χ1n) is 7.60. The van der Waals surface area contributed by atoms with Crippen molar-refractivity contribution in [2.24, 2.45) is 5.84 Å². The monoisotopic (exact) mass is 371 g/mol. The fraction of sp³-hybridized carbons (Fsp3) is 0.467. The molecule has 1 aliphatic heterocycles. The van der Waals surface area contributed by atoms with E-state index >= 15 is 0 Å². The molecule has 24 heavy (non-hydrogen) atoms. The SMILES string of the molecule is Cc1c(CN2CCN(C(=O)O)[C@@H](C)C2)cc(Cl)cc1NC(=S)NN. The first-order chi connectivity index (χ1) is 11.3. The van der Waals surface area contributed by atoms with Gasteiger partial charge < -0.3 is 20.7 Å². The van der Waals surface area contributed by atoms with E-state index in [-0.39, 0.29) is 6.04 Å². The van der Waals surface area contributed by atoms with Crippen LogP contribution in [0.15, 0.2) is 12.1 Å². The van der Waals surface area contributed by atoms with E-state index in [2.05, 4.69) is 15.6 Å². The minimum Gasteiger partial charge on any atom is -0.465 e. The minimum absolute atomic E-state index is 0.0395. The van der Waals surface area contributed by atoms with E-state index in [0.717, 1.165) is 16.8 Å². The predicted molar refractivity (Wildman–Crippen MR) is 99.2 cm³/mol. The summed E-state index contributed by atoms with van der Waals surface area (Å²) in [5, 5.41) is 13.1. The lowest BCUT2D eigenvalue weighted by atomic mass is 10.0. The molecule has 9 heteroatoms. The molecule has 0 spiro atoms. The smallest absolute Gasteiger partial charge is 0.407 e. The number of anilines is 1. The van der Waals surface area contributed by atoms with Crippen molar-refractivity contribution in [2.75, 3.05) is 25.0 Å². The lowest BCUT2D eigenvalue weighted by Gasteiger charge is -2.38. The Bertz CT molecular complexity index is 643. The second-order valence-corrected chi connectivity index (χ2v) is 6.74. The maximum atomic E-state index is 11.2. The Morgan fingerprint density at radius 2 is 2.21 bits per heavy atom. The fourth-order valence-electron chi connectivity index (χ4n) is 2.89. The Morgan fingerprint density at radius 1 is 1.50 bits per heavy atom. The Kier molecular flexibility index (Phi) is 6.22. The van der Waals surface area contributed by atoms with Crippen LogP contribution in [0, 0.1) is 6.92 Å². The van der Waals surface area contributed by atoms with Gasteiger partial charge >= 0.3 is 6.09 Å². The molecule has 1 aliphatic rings. The molecule has 0 bridgehead atoms. The van der Waals surface area contributed by atoms with Gasteiger partial charge in [0.15, 0.2) is 5.11 Å². The van der Waals surface area contributed by atoms with Crippen LogP contribution in [0.2, 0.25) is 5.02 Å². The molecule has 0 unspecified atom stereocenters. The number of hydrazine groups is 1. The summed E-state index contributed by atoms with van der Waals surface area (Å²) in [6.07, 6.45) is -0.865. The van der Waals surface area contributed by atoms with Gasteiger partial charge in [-0.15, -0.1) is 0 Å². The Hall–Kier alpha value is -1.61. The number of carbonyl (C=O) groups is 1. The number of piperazine rings is 1. The summed E-state index contributed by atoms with van der Waals surface area (Å²) in [5.41, 5.74) is 5.29. The molecule has 5 N–H and O–H groups in total. The summed E-state index contributed by atoms with van der Waals surface area (Å²) in [5.74, 6) is 5.30. The highest BCUT2D eigenvalue weighted by molar-refractivity contribution is 7.80. The van der Waals surface area contributed by atoms with Crippen molar-refractivity contribution in [1.29, 1.82) is 0 Å². The average molecular weight is 372 g/mol. The van der Waals surface area contributed by atoms with Crippen molar-refractivity contribution in [2.45, 2.75) is 26.4 Å². The topological polar surface area (TPSA) is 93.9 Å². The largest absolute Gasteiger partial charge is 0.465 e. The van der Waals surface area contributed by atoms with E-state index in [1.807, 2.05) is 19.9 Å². The van der Waals surface area contributed by atoms with Crippen molar-refractivity contribution in [3.63, 3.8) is 0 Å². The molecule has 2 rings (SSSR count). The summed E-state index contributed by atoms with van der Waals surface area (Å²) in [6, 6.07) is 3.69. The molecule has 0 aromatic heterocycles. The van der Waals surface area contributed by atoms with Gasteiger partial charge in [0.1, 0.15) is 0 Å². The van der Waals surface area contributed by atoms with E-state index in [4.69, 9.17) is 34.8 Å². The third-order valence-corrected chi connectivity index (χ3v) is 4.65. The van der Waals surface area contributed by atoms with Gasteiger partial charge in [-0.25, -0.2) is 10.6 Å². The maximum absolute atomic E-state index is 11.2. The van der Waals surface area contributed by atoms with Crippen molar-refractivity contribution >= 4 is 40.7 Å². The molecule has 1 saturated heterocycles. The maximum Gasteiger partial charge on any atom is 0.407 e. The zero-order chi connectivity index (χ0) is 17.9. The van der Waals surface area contributed by atoms with Crippen LogP contribution in [-0.2, 0) is 6.54 Å². The third-order valence-electron chi connectivity index (χ3n) is 4.21. The second kappa shape index (κ2) is 7.98. The number of benzene rings is 1. The zero-order valence-electron chi connectivity index (χ0n) is 13.7. The van der Waals surface area contributed by atoms with E-state index in [1.165, 1.54) is 4.90 Å². The lowest BCUT2D eigenvalue weighted by molar-refractivity contribution is 0.0710. The van der Waals surface area contributed by atoms with E-state index < -0.39 is 6.09 Å². The first-order valence-corrected chi connectivity index (χ1v) is 8.39. The van der Waals surface area contributed by atoms with Gasteiger partial charge in [0.05, 0.1) is 0 Å². The minimum atomic E-state index is -0.865. The van der Waals surface area contributed by atoms with Crippen LogP contribution >= 0.6 is 23.8 Å². The van der Waals surface area contributed by atoms with Crippen LogP contribution in [0.1, 0.15) is 18.1 Å². The standard InChI is InChI=1S/C15H22ClN5O2S/c1-9-7-20(3-4-21(9)15(22)23)8-11-5-12(16)6-13(10(11)2)18-14(24)19-17/h5-6,9H,3-4,7-8,17H2,1-2H3,(H,22,23)(H2,18,19,24)/t9-/m0/s1. The molecule has 1 fully saturated rings. The van der Waals surface area contributed by atoms with Crippen molar-refractivity contribution in [1.82, 2.24) is 15.2 Å². The Balaban J connectivity index is 2.12. The average Bonchev–Trinajstić information content (AvgIpc) is 2.51. The molecular formula is C15H22ClN5O2S. The van der Waals surface area contributed by atoms with Crippen LogP contribution in [-0.4, -0.2) is 51.8 Å². The Morgan fingerprint density at radius 3 is 2.79 bits per heavy atom. The van der Waals surface area contributed by atoms with Crippen LogP contribution in [0.4, 0.5) is 10.5 Å². The number of nitrogens with one attached hydrogen (secondary N) is 2. The molecule has 1 amide bonds. The van der Waals surface area contributed by atoms with E-state index in [0.29, 0.717) is 36.3 Å². The summed E-state index contributed by atoms with van der Waals surface area (Å²) in [6.45, 7) is 6.48. The Labute approximate surface area is 151 Å². The second-order valence-electron chi connectivity index (χ2n) is 5.90. The molecule has 1 aromatic carbocycles. The van der Waals surface area contributed by atoms with Crippen molar-refractivity contribution in [3.8, 4) is 0 Å². The predicted octanol–water partition coefficient (Wildman–Crippen LogP) is 1.99. The highest BCUT2D eigenvalue weighted by Crippen LogP contribution is 2.26. The third kappa shape index (κ3) is 4.47. The molecule has 1 heterocycles. The van der Waals surface area contributed by atoms with Gasteiger partial charge in [0.2, 0.25) is 0 Å². The van der Waals surface area contributed by atoms with Crippen LogP contribution in [0.3, 0.4) is 0 Å². The molecule has 7 nitrogen and oxygen atoms in total. The number of amides is 1. The molecule has 0 radical (unpaired) electrons. The number of hydrogen-bond donors (Lipinski definition) is 4. The normalized spacial score (nSPS) is 18.3. The van der Waals surface area contributed by atoms with E-state index in [9.17, 15) is 4.79 Å². The van der Waals surface area contributed by atoms with Crippen molar-refractivity contribution in [3.05, 3.63) is 28.3 Å². The van der Waals surface area contributed by atoms with Gasteiger partial charge in [-0.1, -0.05) is 11.6 Å². The quantitative estimate of drug-likeness (QED) is 0.367. The zero-order valence-corrected chi connectivity index (χ0v) is 15.2. The van der Waals surface area contributed by atoms with Crippen LogP contribution in [0.5, 0.6) is 0 Å². The number of hydrogen-bond acceptors (Lipinski definition) is 4. The first kappa shape index (κ1) is 18.7. The number of nitrogens with two attached hydrogens (primary N) is 1. The number of rotatable bonds is 3. The summed E-state index contributed by atoms with van der Waals surface area (Å²) in [7, 11) is 0. The molecule has 1 atom stereocenters. The molecule has 0 saturated carbocycles. The number of carboxylic acid groups (broad SMARTS) is 1. The highest BCUT2D eigenvalue weighted by atomic mass is 35.5. The summed E-state index contributed by atoms with van der Waals surface area (Å²) < 4.78 is 0. The molecular weight excluding hydrogens is 350 g/mol. The summed E-state index contributed by atoms with van der Waals surface area (Å²) in [4.78, 5) is 14.9.